The van der Waals surface area contributed by atoms with Crippen LogP contribution >= 0.6 is 0 Å². The molecule has 0 aromatic heterocycles. The predicted molar refractivity (Wildman–Crippen MR) is 53.8 cm³/mol. The molecule has 4 heteroatoms. The number of methoxy groups -OCH3 is 1. The lowest BCUT2D eigenvalue weighted by atomic mass is 10.3. The van der Waals surface area contributed by atoms with Gasteiger partial charge in [-0.25, -0.2) is 0 Å². The molecule has 0 saturated carbocycles. The van der Waals surface area contributed by atoms with Crippen molar-refractivity contribution in [3.63, 3.8) is 0 Å². The van der Waals surface area contributed by atoms with Gasteiger partial charge in [0.2, 0.25) is 0 Å². The van der Waals surface area contributed by atoms with Gasteiger partial charge in [-0.1, -0.05) is 0 Å². The van der Waals surface area contributed by atoms with Gasteiger partial charge in [-0.3, -0.25) is 9.80 Å². The van der Waals surface area contributed by atoms with Crippen LogP contribution in [0.2, 0.25) is 0 Å². The van der Waals surface area contributed by atoms with Gasteiger partial charge in [-0.2, -0.15) is 0 Å². The van der Waals surface area contributed by atoms with Crippen LogP contribution in [-0.4, -0.2) is 70.0 Å². The van der Waals surface area contributed by atoms with Crippen LogP contribution < -0.4 is 5.32 Å². The highest BCUT2D eigenvalue weighted by Crippen LogP contribution is 1.99. The lowest BCUT2D eigenvalue weighted by molar-refractivity contribution is 0.0943. The van der Waals surface area contributed by atoms with Crippen molar-refractivity contribution in [2.75, 3.05) is 60.2 Å². The Morgan fingerprint density at radius 3 is 2.31 bits per heavy atom. The summed E-state index contributed by atoms with van der Waals surface area (Å²) in [7, 11) is 3.76. The van der Waals surface area contributed by atoms with Gasteiger partial charge in [-0.05, 0) is 7.05 Å². The molecule has 0 radical (unpaired) electrons. The molecule has 0 unspecified atom stereocenters. The van der Waals surface area contributed by atoms with Crippen LogP contribution in [-0.2, 0) is 4.74 Å². The van der Waals surface area contributed by atoms with Crippen molar-refractivity contribution in [2.24, 2.45) is 0 Å². The first-order valence-electron chi connectivity index (χ1n) is 4.95. The third kappa shape index (κ3) is 4.04. The lowest BCUT2D eigenvalue weighted by Crippen LogP contribution is -2.49. The van der Waals surface area contributed by atoms with Crippen LogP contribution in [0, 0.1) is 0 Å². The number of rotatable bonds is 5. The zero-order chi connectivity index (χ0) is 9.52. The van der Waals surface area contributed by atoms with E-state index >= 15 is 0 Å². The normalized spacial score (nSPS) is 20.8. The summed E-state index contributed by atoms with van der Waals surface area (Å²) in [6.45, 7) is 7.62. The zero-order valence-corrected chi connectivity index (χ0v) is 8.75. The fraction of sp³-hybridized carbons (Fsp3) is 1.00. The Morgan fingerprint density at radius 2 is 1.77 bits per heavy atom. The summed E-state index contributed by atoms with van der Waals surface area (Å²) < 4.78 is 5.05. The number of hydrogen-bond acceptors (Lipinski definition) is 4. The molecule has 1 fully saturated rings. The summed E-state index contributed by atoms with van der Waals surface area (Å²) in [4.78, 5) is 4.89. The first-order chi connectivity index (χ1) is 6.36. The molecule has 0 amide bonds. The van der Waals surface area contributed by atoms with Gasteiger partial charge < -0.3 is 10.1 Å². The molecule has 0 spiro atoms. The van der Waals surface area contributed by atoms with Gasteiger partial charge in [0.25, 0.3) is 0 Å². The summed E-state index contributed by atoms with van der Waals surface area (Å²) in [6.07, 6.45) is 0. The molecule has 1 saturated heterocycles. The van der Waals surface area contributed by atoms with Gasteiger partial charge in [0.1, 0.15) is 0 Å². The van der Waals surface area contributed by atoms with E-state index in [9.17, 15) is 0 Å². The molecule has 0 aromatic carbocycles. The number of nitrogens with zero attached hydrogens (tertiary/aromatic N) is 2. The van der Waals surface area contributed by atoms with Crippen LogP contribution in [0.4, 0.5) is 0 Å². The van der Waals surface area contributed by atoms with Crippen LogP contribution in [0.15, 0.2) is 0 Å². The first-order valence-corrected chi connectivity index (χ1v) is 4.95. The second kappa shape index (κ2) is 6.32. The summed E-state index contributed by atoms with van der Waals surface area (Å²) in [5.41, 5.74) is 0. The molecule has 1 rings (SSSR count). The SMILES string of the molecule is CNCN1CCN(CCOC)CC1. The Bertz CT molecular complexity index is 124. The van der Waals surface area contributed by atoms with E-state index in [1.807, 2.05) is 7.05 Å². The molecule has 1 aliphatic rings. The van der Waals surface area contributed by atoms with E-state index in [1.165, 1.54) is 26.2 Å². The topological polar surface area (TPSA) is 27.7 Å². The Morgan fingerprint density at radius 1 is 1.15 bits per heavy atom. The minimum Gasteiger partial charge on any atom is -0.383 e. The predicted octanol–water partition coefficient (Wildman–Crippen LogP) is -0.573. The van der Waals surface area contributed by atoms with E-state index in [4.69, 9.17) is 4.74 Å². The monoisotopic (exact) mass is 187 g/mol. The largest absolute Gasteiger partial charge is 0.383 e. The van der Waals surface area contributed by atoms with Crippen molar-refractivity contribution in [1.29, 1.82) is 0 Å². The van der Waals surface area contributed by atoms with Crippen molar-refractivity contribution in [2.45, 2.75) is 0 Å². The smallest absolute Gasteiger partial charge is 0.0589 e. The second-order valence-electron chi connectivity index (χ2n) is 3.46. The Hall–Kier alpha value is -0.160. The Kier molecular flexibility index (Phi) is 5.31. The molecule has 4 nitrogen and oxygen atoms in total. The van der Waals surface area contributed by atoms with Crippen LogP contribution in [0.5, 0.6) is 0 Å². The Balaban J connectivity index is 2.08. The highest BCUT2D eigenvalue weighted by Gasteiger charge is 2.14. The average molecular weight is 187 g/mol. The maximum absolute atomic E-state index is 5.05. The lowest BCUT2D eigenvalue weighted by Gasteiger charge is -2.34. The van der Waals surface area contributed by atoms with Crippen LogP contribution in [0.25, 0.3) is 0 Å². The van der Waals surface area contributed by atoms with Gasteiger partial charge in [0, 0.05) is 46.5 Å². The number of nitrogens with one attached hydrogen (secondary N) is 1. The minimum absolute atomic E-state index is 0.853. The number of ether oxygens (including phenoxy) is 1. The van der Waals surface area contributed by atoms with Gasteiger partial charge >= 0.3 is 0 Å². The van der Waals surface area contributed by atoms with Crippen molar-refractivity contribution >= 4 is 0 Å². The Labute approximate surface area is 80.8 Å². The van der Waals surface area contributed by atoms with Crippen LogP contribution in [0.3, 0.4) is 0 Å². The van der Waals surface area contributed by atoms with Gasteiger partial charge in [-0.15, -0.1) is 0 Å². The van der Waals surface area contributed by atoms with Crippen molar-refractivity contribution in [3.8, 4) is 0 Å². The van der Waals surface area contributed by atoms with Gasteiger partial charge in [0.05, 0.1) is 6.61 Å². The summed E-state index contributed by atoms with van der Waals surface area (Å²) in [6, 6.07) is 0. The minimum atomic E-state index is 0.853. The third-order valence-electron chi connectivity index (χ3n) is 2.46. The van der Waals surface area contributed by atoms with Crippen molar-refractivity contribution < 1.29 is 4.74 Å². The maximum Gasteiger partial charge on any atom is 0.0589 e. The fourth-order valence-electron chi connectivity index (χ4n) is 1.62. The summed E-state index contributed by atoms with van der Waals surface area (Å²) in [5.74, 6) is 0. The highest BCUT2D eigenvalue weighted by atomic mass is 16.5. The van der Waals surface area contributed by atoms with Gasteiger partial charge in [0.15, 0.2) is 0 Å². The van der Waals surface area contributed by atoms with E-state index in [0.29, 0.717) is 0 Å². The zero-order valence-electron chi connectivity index (χ0n) is 8.75. The van der Waals surface area contributed by atoms with Crippen molar-refractivity contribution in [1.82, 2.24) is 15.1 Å². The van der Waals surface area contributed by atoms with Crippen molar-refractivity contribution in [3.05, 3.63) is 0 Å². The van der Waals surface area contributed by atoms with E-state index < -0.39 is 0 Å². The molecule has 1 N–H and O–H groups in total. The highest BCUT2D eigenvalue weighted by molar-refractivity contribution is 4.70. The second-order valence-corrected chi connectivity index (χ2v) is 3.46. The quantitative estimate of drug-likeness (QED) is 0.624. The molecule has 1 heterocycles. The van der Waals surface area contributed by atoms with E-state index in [1.54, 1.807) is 7.11 Å². The summed E-state index contributed by atoms with van der Waals surface area (Å²) in [5, 5.41) is 3.18. The molecule has 0 aliphatic carbocycles. The molecule has 0 aromatic rings. The standard InChI is InChI=1S/C9H21N3O/c1-10-9-12-5-3-11(4-6-12)7-8-13-2/h10H,3-9H2,1-2H3. The molecule has 0 bridgehead atoms. The molecular formula is C9H21N3O. The molecule has 1 aliphatic heterocycles. The van der Waals surface area contributed by atoms with E-state index in [-0.39, 0.29) is 0 Å². The van der Waals surface area contributed by atoms with E-state index in [2.05, 4.69) is 15.1 Å². The number of hydrogen-bond donors (Lipinski definition) is 1. The fourth-order valence-corrected chi connectivity index (χ4v) is 1.62. The molecular weight excluding hydrogens is 166 g/mol. The molecule has 78 valence electrons. The third-order valence-corrected chi connectivity index (χ3v) is 2.46. The molecule has 0 atom stereocenters. The first kappa shape index (κ1) is 10.9. The maximum atomic E-state index is 5.05. The van der Waals surface area contributed by atoms with Crippen LogP contribution in [0.1, 0.15) is 0 Å². The molecule has 13 heavy (non-hydrogen) atoms. The summed E-state index contributed by atoms with van der Waals surface area (Å²) >= 11 is 0. The average Bonchev–Trinajstić information content (AvgIpc) is 2.17. The number of piperazine rings is 1. The van der Waals surface area contributed by atoms with E-state index in [0.717, 1.165) is 19.8 Å².